The van der Waals surface area contributed by atoms with E-state index in [-0.39, 0.29) is 11.4 Å². The van der Waals surface area contributed by atoms with Gasteiger partial charge in [0.15, 0.2) is 5.69 Å². The van der Waals surface area contributed by atoms with Crippen LogP contribution in [-0.4, -0.2) is 42.0 Å². The van der Waals surface area contributed by atoms with Crippen molar-refractivity contribution in [2.45, 2.75) is 6.42 Å². The van der Waals surface area contributed by atoms with E-state index in [1.807, 2.05) is 0 Å². The molecule has 0 radical (unpaired) electrons. The van der Waals surface area contributed by atoms with Gasteiger partial charge < -0.3 is 10.4 Å². The molecule has 17 heavy (non-hydrogen) atoms. The number of rotatable bonds is 6. The molecule has 1 heterocycles. The number of primary sulfonamides is 1. The van der Waals surface area contributed by atoms with Crippen LogP contribution in [0.25, 0.3) is 0 Å². The second-order valence-electron chi connectivity index (χ2n) is 3.26. The lowest BCUT2D eigenvalue weighted by Gasteiger charge is -2.03. The van der Waals surface area contributed by atoms with Gasteiger partial charge in [-0.1, -0.05) is 0 Å². The van der Waals surface area contributed by atoms with Gasteiger partial charge in [0, 0.05) is 6.54 Å². The summed E-state index contributed by atoms with van der Waals surface area (Å²) in [6, 6.07) is 2.75. The number of anilines is 1. The van der Waals surface area contributed by atoms with E-state index < -0.39 is 16.0 Å². The summed E-state index contributed by atoms with van der Waals surface area (Å²) >= 11 is 0. The maximum Gasteiger partial charge on any atom is 0.356 e. The Morgan fingerprint density at radius 1 is 1.41 bits per heavy atom. The average molecular weight is 260 g/mol. The molecule has 0 aliphatic heterocycles. The third-order valence-corrected chi connectivity index (χ3v) is 2.65. The number of aromatic nitrogens is 2. The number of nitrogens with two attached hydrogens (primary N) is 1. The number of nitrogens with one attached hydrogen (secondary N) is 1. The molecule has 0 aliphatic carbocycles. The van der Waals surface area contributed by atoms with Crippen LogP contribution in [0.4, 0.5) is 5.82 Å². The van der Waals surface area contributed by atoms with E-state index in [9.17, 15) is 13.2 Å². The van der Waals surface area contributed by atoms with Crippen molar-refractivity contribution in [3.63, 3.8) is 0 Å². The summed E-state index contributed by atoms with van der Waals surface area (Å²) in [6.45, 7) is 0.359. The topological polar surface area (TPSA) is 135 Å². The first-order valence-electron chi connectivity index (χ1n) is 4.70. The predicted octanol–water partition coefficient (Wildman–Crippen LogP) is -0.735. The highest BCUT2D eigenvalue weighted by Crippen LogP contribution is 2.02. The fraction of sp³-hybridized carbons (Fsp3) is 0.375. The van der Waals surface area contributed by atoms with Gasteiger partial charge in [-0.3, -0.25) is 0 Å². The zero-order valence-electron chi connectivity index (χ0n) is 8.83. The molecule has 94 valence electrons. The SMILES string of the molecule is NS(=O)(=O)CCCNc1ccc(C(=O)O)nn1. The Morgan fingerprint density at radius 3 is 2.59 bits per heavy atom. The van der Waals surface area contributed by atoms with Gasteiger partial charge in [0.05, 0.1) is 5.75 Å². The molecule has 0 aliphatic rings. The van der Waals surface area contributed by atoms with Crippen LogP contribution in [-0.2, 0) is 10.0 Å². The Labute approximate surface area is 97.9 Å². The molecule has 0 spiro atoms. The molecule has 0 unspecified atom stereocenters. The number of hydrogen-bond donors (Lipinski definition) is 3. The molecule has 0 fully saturated rings. The summed E-state index contributed by atoms with van der Waals surface area (Å²) in [5.74, 6) is -0.900. The van der Waals surface area contributed by atoms with Gasteiger partial charge in [0.25, 0.3) is 0 Å². The van der Waals surface area contributed by atoms with E-state index in [1.165, 1.54) is 12.1 Å². The van der Waals surface area contributed by atoms with E-state index >= 15 is 0 Å². The lowest BCUT2D eigenvalue weighted by atomic mass is 10.4. The minimum Gasteiger partial charge on any atom is -0.476 e. The largest absolute Gasteiger partial charge is 0.476 e. The van der Waals surface area contributed by atoms with E-state index in [1.54, 1.807) is 0 Å². The van der Waals surface area contributed by atoms with Crippen LogP contribution in [0.2, 0.25) is 0 Å². The molecular formula is C8H12N4O4S. The highest BCUT2D eigenvalue weighted by molar-refractivity contribution is 7.89. The molecule has 0 saturated carbocycles. The number of sulfonamides is 1. The molecule has 9 heteroatoms. The summed E-state index contributed by atoms with van der Waals surface area (Å²) < 4.78 is 21.2. The van der Waals surface area contributed by atoms with Gasteiger partial charge >= 0.3 is 5.97 Å². The van der Waals surface area contributed by atoms with Crippen LogP contribution in [0.1, 0.15) is 16.9 Å². The highest BCUT2D eigenvalue weighted by atomic mass is 32.2. The van der Waals surface area contributed by atoms with Gasteiger partial charge in [-0.25, -0.2) is 18.4 Å². The number of carbonyl (C=O) groups is 1. The molecule has 1 rings (SSSR count). The number of carboxylic acids is 1. The standard InChI is InChI=1S/C8H12N4O4S/c9-17(15,16)5-1-4-10-7-3-2-6(8(13)14)11-12-7/h2-3H,1,4-5H2,(H,10,12)(H,13,14)(H2,9,15,16). The Morgan fingerprint density at radius 2 is 2.12 bits per heavy atom. The summed E-state index contributed by atoms with van der Waals surface area (Å²) in [6.07, 6.45) is 0.335. The fourth-order valence-electron chi connectivity index (χ4n) is 1.03. The molecule has 8 nitrogen and oxygen atoms in total. The molecule has 0 atom stereocenters. The van der Waals surface area contributed by atoms with E-state index in [4.69, 9.17) is 10.2 Å². The molecule has 0 amide bonds. The van der Waals surface area contributed by atoms with Gasteiger partial charge in [-0.15, -0.1) is 10.2 Å². The van der Waals surface area contributed by atoms with Crippen molar-refractivity contribution >= 4 is 21.8 Å². The highest BCUT2D eigenvalue weighted by Gasteiger charge is 2.05. The predicted molar refractivity (Wildman–Crippen MR) is 60.1 cm³/mol. The van der Waals surface area contributed by atoms with Crippen molar-refractivity contribution in [2.24, 2.45) is 5.14 Å². The number of aromatic carboxylic acids is 1. The number of carboxylic acid groups (broad SMARTS) is 1. The zero-order chi connectivity index (χ0) is 12.9. The van der Waals surface area contributed by atoms with Gasteiger partial charge in [0.2, 0.25) is 10.0 Å². The zero-order valence-corrected chi connectivity index (χ0v) is 9.64. The van der Waals surface area contributed by atoms with Crippen molar-refractivity contribution in [1.82, 2.24) is 10.2 Å². The molecule has 0 bridgehead atoms. The van der Waals surface area contributed by atoms with Crippen LogP contribution < -0.4 is 10.5 Å². The van der Waals surface area contributed by atoms with E-state index in [0.29, 0.717) is 18.8 Å². The third-order valence-electron chi connectivity index (χ3n) is 1.80. The fourth-order valence-corrected chi connectivity index (χ4v) is 1.58. The lowest BCUT2D eigenvalue weighted by molar-refractivity contribution is 0.0689. The normalized spacial score (nSPS) is 11.1. The molecule has 0 saturated heterocycles. The van der Waals surface area contributed by atoms with Crippen LogP contribution in [0.15, 0.2) is 12.1 Å². The Hall–Kier alpha value is -1.74. The lowest BCUT2D eigenvalue weighted by Crippen LogP contribution is -2.19. The summed E-state index contributed by atoms with van der Waals surface area (Å²) in [4.78, 5) is 10.5. The summed E-state index contributed by atoms with van der Waals surface area (Å²) in [5, 5.41) is 23.3. The quantitative estimate of drug-likeness (QED) is 0.573. The van der Waals surface area contributed by atoms with Gasteiger partial charge in [0.1, 0.15) is 5.82 Å². The van der Waals surface area contributed by atoms with Crippen molar-refractivity contribution in [1.29, 1.82) is 0 Å². The van der Waals surface area contributed by atoms with E-state index in [2.05, 4.69) is 15.5 Å². The van der Waals surface area contributed by atoms with Crippen LogP contribution in [0.3, 0.4) is 0 Å². The second kappa shape index (κ2) is 5.55. The smallest absolute Gasteiger partial charge is 0.356 e. The average Bonchev–Trinajstić information content (AvgIpc) is 2.24. The monoisotopic (exact) mass is 260 g/mol. The first-order valence-corrected chi connectivity index (χ1v) is 6.41. The van der Waals surface area contributed by atoms with E-state index in [0.717, 1.165) is 0 Å². The van der Waals surface area contributed by atoms with Gasteiger partial charge in [-0.05, 0) is 18.6 Å². The maximum atomic E-state index is 10.6. The van der Waals surface area contributed by atoms with Crippen molar-refractivity contribution in [3.8, 4) is 0 Å². The first kappa shape index (κ1) is 13.3. The molecule has 4 N–H and O–H groups in total. The Bertz CT molecular complexity index is 485. The van der Waals surface area contributed by atoms with Crippen molar-refractivity contribution < 1.29 is 18.3 Å². The van der Waals surface area contributed by atoms with Crippen molar-refractivity contribution in [3.05, 3.63) is 17.8 Å². The minimum absolute atomic E-state index is 0.124. The second-order valence-corrected chi connectivity index (χ2v) is 4.99. The van der Waals surface area contributed by atoms with Gasteiger partial charge in [-0.2, -0.15) is 0 Å². The Balaban J connectivity index is 2.40. The number of hydrogen-bond acceptors (Lipinski definition) is 6. The Kier molecular flexibility index (Phi) is 4.35. The van der Waals surface area contributed by atoms with Crippen LogP contribution >= 0.6 is 0 Å². The third kappa shape index (κ3) is 5.22. The van der Waals surface area contributed by atoms with Crippen molar-refractivity contribution in [2.75, 3.05) is 17.6 Å². The molecule has 0 aromatic carbocycles. The van der Waals surface area contributed by atoms with Crippen LogP contribution in [0, 0.1) is 0 Å². The minimum atomic E-state index is -3.45. The number of nitrogens with zero attached hydrogens (tertiary/aromatic N) is 2. The molecular weight excluding hydrogens is 248 g/mol. The van der Waals surface area contributed by atoms with Crippen LogP contribution in [0.5, 0.6) is 0 Å². The molecule has 1 aromatic rings. The first-order chi connectivity index (χ1) is 7.88. The maximum absolute atomic E-state index is 10.6. The summed E-state index contributed by atoms with van der Waals surface area (Å²) in [7, 11) is -3.45. The molecule has 1 aromatic heterocycles. The summed E-state index contributed by atoms with van der Waals surface area (Å²) in [5.41, 5.74) is -0.153.